The summed E-state index contributed by atoms with van der Waals surface area (Å²) in [7, 11) is 0. The van der Waals surface area contributed by atoms with E-state index in [1.54, 1.807) is 22.8 Å². The number of benzene rings is 1. The number of halogens is 1. The standard InChI is InChI=1S/C15H13FN2OS2/c1-2-20-15-17-12-7-8-21-13(12)14(19)18(15)9-10-5-3-4-6-11(10)16/h3-8H,2,9H2,1H3. The lowest BCUT2D eigenvalue weighted by Gasteiger charge is -2.11. The number of hydrogen-bond acceptors (Lipinski definition) is 4. The van der Waals surface area contributed by atoms with E-state index in [-0.39, 0.29) is 17.9 Å². The first kappa shape index (κ1) is 14.3. The third-order valence-corrected chi connectivity index (χ3v) is 4.84. The van der Waals surface area contributed by atoms with Crippen LogP contribution in [-0.4, -0.2) is 15.3 Å². The zero-order valence-corrected chi connectivity index (χ0v) is 13.0. The van der Waals surface area contributed by atoms with Gasteiger partial charge in [0.1, 0.15) is 10.5 Å². The summed E-state index contributed by atoms with van der Waals surface area (Å²) in [5, 5.41) is 2.49. The molecule has 3 nitrogen and oxygen atoms in total. The Labute approximate surface area is 129 Å². The van der Waals surface area contributed by atoms with Gasteiger partial charge in [0, 0.05) is 5.56 Å². The normalized spacial score (nSPS) is 11.1. The molecule has 1 aromatic carbocycles. The van der Waals surface area contributed by atoms with Crippen LogP contribution in [0.15, 0.2) is 45.7 Å². The molecule has 21 heavy (non-hydrogen) atoms. The number of aromatic nitrogens is 2. The third-order valence-electron chi connectivity index (χ3n) is 3.09. The van der Waals surface area contributed by atoms with Crippen molar-refractivity contribution in [2.75, 3.05) is 5.75 Å². The second kappa shape index (κ2) is 5.99. The van der Waals surface area contributed by atoms with E-state index in [2.05, 4.69) is 4.98 Å². The molecule has 0 spiro atoms. The van der Waals surface area contributed by atoms with Crippen LogP contribution >= 0.6 is 23.1 Å². The Balaban J connectivity index is 2.15. The quantitative estimate of drug-likeness (QED) is 0.542. The fourth-order valence-corrected chi connectivity index (χ4v) is 3.60. The number of nitrogens with zero attached hydrogens (tertiary/aromatic N) is 2. The van der Waals surface area contributed by atoms with Gasteiger partial charge in [0.15, 0.2) is 5.16 Å². The van der Waals surface area contributed by atoms with Gasteiger partial charge in [0.25, 0.3) is 5.56 Å². The van der Waals surface area contributed by atoms with Crippen molar-refractivity contribution in [3.05, 3.63) is 57.4 Å². The zero-order chi connectivity index (χ0) is 14.8. The molecule has 3 aromatic rings. The first-order valence-corrected chi connectivity index (χ1v) is 8.41. The van der Waals surface area contributed by atoms with Crippen LogP contribution in [0.5, 0.6) is 0 Å². The van der Waals surface area contributed by atoms with Gasteiger partial charge in [-0.3, -0.25) is 9.36 Å². The number of hydrogen-bond donors (Lipinski definition) is 0. The molecule has 0 aliphatic heterocycles. The minimum absolute atomic E-state index is 0.103. The SMILES string of the molecule is CCSc1nc2ccsc2c(=O)n1Cc1ccccc1F. The summed E-state index contributed by atoms with van der Waals surface area (Å²) in [6, 6.07) is 8.36. The highest BCUT2D eigenvalue weighted by Gasteiger charge is 2.13. The van der Waals surface area contributed by atoms with Crippen molar-refractivity contribution in [2.24, 2.45) is 0 Å². The third kappa shape index (κ3) is 2.73. The first-order chi connectivity index (χ1) is 10.2. The van der Waals surface area contributed by atoms with Crippen molar-refractivity contribution in [1.82, 2.24) is 9.55 Å². The Morgan fingerprint density at radius 2 is 2.14 bits per heavy atom. The van der Waals surface area contributed by atoms with Crippen molar-refractivity contribution in [2.45, 2.75) is 18.6 Å². The maximum absolute atomic E-state index is 13.8. The van der Waals surface area contributed by atoms with E-state index in [1.807, 2.05) is 18.4 Å². The van der Waals surface area contributed by atoms with Crippen LogP contribution in [0.2, 0.25) is 0 Å². The predicted octanol–water partition coefficient (Wildman–Crippen LogP) is 3.76. The summed E-state index contributed by atoms with van der Waals surface area (Å²) in [5.74, 6) is 0.502. The number of thiophene rings is 1. The molecule has 0 saturated heterocycles. The molecule has 0 aliphatic carbocycles. The summed E-state index contributed by atoms with van der Waals surface area (Å²) in [5.41, 5.74) is 1.11. The average Bonchev–Trinajstić information content (AvgIpc) is 2.94. The van der Waals surface area contributed by atoms with Crippen LogP contribution in [0.3, 0.4) is 0 Å². The van der Waals surface area contributed by atoms with Gasteiger partial charge in [-0.25, -0.2) is 9.37 Å². The van der Waals surface area contributed by atoms with Crippen molar-refractivity contribution in [3.8, 4) is 0 Å². The molecule has 0 N–H and O–H groups in total. The van der Waals surface area contributed by atoms with Gasteiger partial charge in [-0.15, -0.1) is 11.3 Å². The molecule has 0 bridgehead atoms. The summed E-state index contributed by atoms with van der Waals surface area (Å²) in [6.45, 7) is 2.21. The molecule has 0 unspecified atom stereocenters. The summed E-state index contributed by atoms with van der Waals surface area (Å²) in [6.07, 6.45) is 0. The van der Waals surface area contributed by atoms with E-state index >= 15 is 0 Å². The number of rotatable bonds is 4. The van der Waals surface area contributed by atoms with E-state index < -0.39 is 0 Å². The van der Waals surface area contributed by atoms with Gasteiger partial charge in [-0.2, -0.15) is 0 Å². The fourth-order valence-electron chi connectivity index (χ4n) is 2.10. The molecule has 0 atom stereocenters. The van der Waals surface area contributed by atoms with Crippen LogP contribution in [0.4, 0.5) is 4.39 Å². The smallest absolute Gasteiger partial charge is 0.272 e. The van der Waals surface area contributed by atoms with Crippen LogP contribution < -0.4 is 5.56 Å². The first-order valence-electron chi connectivity index (χ1n) is 6.55. The van der Waals surface area contributed by atoms with E-state index in [4.69, 9.17) is 0 Å². The summed E-state index contributed by atoms with van der Waals surface area (Å²) in [4.78, 5) is 17.1. The second-order valence-corrected chi connectivity index (χ2v) is 6.59. The second-order valence-electron chi connectivity index (χ2n) is 4.45. The lowest BCUT2D eigenvalue weighted by molar-refractivity contribution is 0.580. The van der Waals surface area contributed by atoms with Gasteiger partial charge in [-0.1, -0.05) is 36.9 Å². The van der Waals surface area contributed by atoms with Crippen LogP contribution in [-0.2, 0) is 6.54 Å². The maximum Gasteiger partial charge on any atom is 0.272 e. The highest BCUT2D eigenvalue weighted by molar-refractivity contribution is 7.99. The Kier molecular flexibility index (Phi) is 4.07. The minimum atomic E-state index is -0.303. The molecule has 6 heteroatoms. The molecule has 0 fully saturated rings. The van der Waals surface area contributed by atoms with Crippen LogP contribution in [0, 0.1) is 5.82 Å². The lowest BCUT2D eigenvalue weighted by Crippen LogP contribution is -2.23. The summed E-state index contributed by atoms with van der Waals surface area (Å²) < 4.78 is 16.0. The average molecular weight is 320 g/mol. The Bertz CT molecular complexity index is 841. The highest BCUT2D eigenvalue weighted by atomic mass is 32.2. The topological polar surface area (TPSA) is 34.9 Å². The Morgan fingerprint density at radius 3 is 2.90 bits per heavy atom. The van der Waals surface area contributed by atoms with Gasteiger partial charge >= 0.3 is 0 Å². The van der Waals surface area contributed by atoms with Crippen molar-refractivity contribution >= 4 is 33.3 Å². The Hall–Kier alpha value is -1.66. The number of fused-ring (bicyclic) bond motifs is 1. The summed E-state index contributed by atoms with van der Waals surface area (Å²) >= 11 is 2.86. The molecular weight excluding hydrogens is 307 g/mol. The Morgan fingerprint density at radius 1 is 1.33 bits per heavy atom. The fraction of sp³-hybridized carbons (Fsp3) is 0.200. The van der Waals surface area contributed by atoms with Gasteiger partial charge in [-0.05, 0) is 23.3 Å². The predicted molar refractivity (Wildman–Crippen MR) is 85.8 cm³/mol. The maximum atomic E-state index is 13.8. The van der Waals surface area contributed by atoms with E-state index in [9.17, 15) is 9.18 Å². The highest BCUT2D eigenvalue weighted by Crippen LogP contribution is 2.21. The monoisotopic (exact) mass is 320 g/mol. The van der Waals surface area contributed by atoms with Gasteiger partial charge < -0.3 is 0 Å². The van der Waals surface area contributed by atoms with E-state index in [1.165, 1.54) is 29.2 Å². The van der Waals surface area contributed by atoms with E-state index in [0.29, 0.717) is 20.9 Å². The van der Waals surface area contributed by atoms with Gasteiger partial charge in [0.2, 0.25) is 0 Å². The molecule has 0 radical (unpaired) electrons. The minimum Gasteiger partial charge on any atom is -0.282 e. The van der Waals surface area contributed by atoms with Crippen molar-refractivity contribution in [3.63, 3.8) is 0 Å². The van der Waals surface area contributed by atoms with Crippen LogP contribution in [0.1, 0.15) is 12.5 Å². The van der Waals surface area contributed by atoms with Crippen molar-refractivity contribution < 1.29 is 4.39 Å². The molecule has 3 rings (SSSR count). The van der Waals surface area contributed by atoms with E-state index in [0.717, 1.165) is 5.75 Å². The molecule has 108 valence electrons. The molecule has 0 saturated carbocycles. The molecular formula is C15H13FN2OS2. The molecule has 2 aromatic heterocycles. The van der Waals surface area contributed by atoms with Crippen molar-refractivity contribution in [1.29, 1.82) is 0 Å². The molecule has 0 aliphatic rings. The lowest BCUT2D eigenvalue weighted by atomic mass is 10.2. The largest absolute Gasteiger partial charge is 0.282 e. The zero-order valence-electron chi connectivity index (χ0n) is 11.4. The molecule has 0 amide bonds. The number of thioether (sulfide) groups is 1. The van der Waals surface area contributed by atoms with Crippen LogP contribution in [0.25, 0.3) is 10.2 Å². The molecule has 2 heterocycles. The van der Waals surface area contributed by atoms with Gasteiger partial charge in [0.05, 0.1) is 12.1 Å².